The summed E-state index contributed by atoms with van der Waals surface area (Å²) < 4.78 is 5.09. The first-order valence-electron chi connectivity index (χ1n) is 6.66. The highest BCUT2D eigenvalue weighted by Crippen LogP contribution is 2.18. The second-order valence-corrected chi connectivity index (χ2v) is 4.60. The van der Waals surface area contributed by atoms with Gasteiger partial charge in [-0.25, -0.2) is 0 Å². The molecule has 0 unspecified atom stereocenters. The van der Waals surface area contributed by atoms with E-state index in [1.165, 1.54) is 19.3 Å². The maximum absolute atomic E-state index is 11.6. The van der Waals surface area contributed by atoms with Crippen LogP contribution in [0.3, 0.4) is 0 Å². The average molecular weight is 227 g/mol. The van der Waals surface area contributed by atoms with Crippen LogP contribution in [0, 0.1) is 5.92 Å². The molecule has 0 aromatic rings. The molecule has 0 saturated carbocycles. The summed E-state index contributed by atoms with van der Waals surface area (Å²) in [6, 6.07) is 0. The van der Waals surface area contributed by atoms with Crippen LogP contribution >= 0.6 is 0 Å². The summed E-state index contributed by atoms with van der Waals surface area (Å²) in [5.74, 6) is 0.123. The minimum Gasteiger partial charge on any atom is -0.466 e. The maximum Gasteiger partial charge on any atom is 0.310 e. The normalized spacial score (nSPS) is 22.0. The lowest BCUT2D eigenvalue weighted by atomic mass is 9.98. The van der Waals surface area contributed by atoms with E-state index < -0.39 is 0 Å². The zero-order chi connectivity index (χ0) is 11.8. The number of rotatable bonds is 6. The van der Waals surface area contributed by atoms with Crippen LogP contribution < -0.4 is 0 Å². The molecule has 0 radical (unpaired) electrons. The largest absolute Gasteiger partial charge is 0.466 e. The van der Waals surface area contributed by atoms with Crippen LogP contribution in [0.5, 0.6) is 0 Å². The van der Waals surface area contributed by atoms with Gasteiger partial charge < -0.3 is 9.64 Å². The average Bonchev–Trinajstić information content (AvgIpc) is 2.30. The minimum atomic E-state index is 0.00249. The van der Waals surface area contributed by atoms with E-state index in [-0.39, 0.29) is 11.9 Å². The Morgan fingerprint density at radius 3 is 2.88 bits per heavy atom. The predicted molar refractivity (Wildman–Crippen MR) is 65.3 cm³/mol. The first-order chi connectivity index (χ1) is 7.77. The fourth-order valence-electron chi connectivity index (χ4n) is 2.30. The molecule has 3 heteroatoms. The minimum absolute atomic E-state index is 0.00249. The second-order valence-electron chi connectivity index (χ2n) is 4.60. The Kier molecular flexibility index (Phi) is 6.46. The summed E-state index contributed by atoms with van der Waals surface area (Å²) in [5, 5.41) is 0. The van der Waals surface area contributed by atoms with Gasteiger partial charge in [0.25, 0.3) is 0 Å². The van der Waals surface area contributed by atoms with E-state index in [4.69, 9.17) is 4.74 Å². The molecule has 0 aliphatic carbocycles. The van der Waals surface area contributed by atoms with Crippen molar-refractivity contribution in [2.75, 3.05) is 26.2 Å². The van der Waals surface area contributed by atoms with Crippen molar-refractivity contribution >= 4 is 5.97 Å². The topological polar surface area (TPSA) is 29.5 Å². The molecule has 0 amide bonds. The standard InChI is InChI=1S/C13H25NO2/c1-3-5-6-9-14-10-7-8-12(11-14)13(15)16-4-2/h12H,3-11H2,1-2H3/t12-/m1/s1. The van der Waals surface area contributed by atoms with Crippen LogP contribution in [0.4, 0.5) is 0 Å². The Balaban J connectivity index is 2.26. The zero-order valence-electron chi connectivity index (χ0n) is 10.7. The molecule has 1 saturated heterocycles. The highest BCUT2D eigenvalue weighted by Gasteiger charge is 2.26. The van der Waals surface area contributed by atoms with Gasteiger partial charge in [-0.3, -0.25) is 4.79 Å². The molecule has 1 fully saturated rings. The van der Waals surface area contributed by atoms with Crippen molar-refractivity contribution in [1.29, 1.82) is 0 Å². The van der Waals surface area contributed by atoms with Crippen molar-refractivity contribution in [2.24, 2.45) is 5.92 Å². The highest BCUT2D eigenvalue weighted by atomic mass is 16.5. The number of esters is 1. The summed E-state index contributed by atoms with van der Waals surface area (Å²) in [6.45, 7) is 7.80. The van der Waals surface area contributed by atoms with Gasteiger partial charge >= 0.3 is 5.97 Å². The Morgan fingerprint density at radius 2 is 2.19 bits per heavy atom. The van der Waals surface area contributed by atoms with Gasteiger partial charge in [-0.15, -0.1) is 0 Å². The summed E-state index contributed by atoms with van der Waals surface area (Å²) >= 11 is 0. The summed E-state index contributed by atoms with van der Waals surface area (Å²) in [6.07, 6.45) is 5.94. The van der Waals surface area contributed by atoms with Crippen LogP contribution in [0.25, 0.3) is 0 Å². The van der Waals surface area contributed by atoms with Crippen LogP contribution in [0.15, 0.2) is 0 Å². The Labute approximate surface area is 99.1 Å². The van der Waals surface area contributed by atoms with Gasteiger partial charge in [0.2, 0.25) is 0 Å². The van der Waals surface area contributed by atoms with Gasteiger partial charge in [-0.05, 0) is 39.3 Å². The van der Waals surface area contributed by atoms with E-state index in [0.717, 1.165) is 32.5 Å². The van der Waals surface area contributed by atoms with Crippen LogP contribution in [-0.4, -0.2) is 37.1 Å². The van der Waals surface area contributed by atoms with E-state index in [2.05, 4.69) is 11.8 Å². The highest BCUT2D eigenvalue weighted by molar-refractivity contribution is 5.72. The fourth-order valence-corrected chi connectivity index (χ4v) is 2.30. The summed E-state index contributed by atoms with van der Waals surface area (Å²) in [7, 11) is 0. The molecule has 0 aromatic carbocycles. The lowest BCUT2D eigenvalue weighted by molar-refractivity contribution is -0.149. The first kappa shape index (κ1) is 13.5. The molecule has 3 nitrogen and oxygen atoms in total. The second kappa shape index (κ2) is 7.66. The van der Waals surface area contributed by atoms with E-state index in [0.29, 0.717) is 6.61 Å². The van der Waals surface area contributed by atoms with Crippen molar-refractivity contribution in [1.82, 2.24) is 4.90 Å². The van der Waals surface area contributed by atoms with Gasteiger partial charge in [-0.2, -0.15) is 0 Å². The van der Waals surface area contributed by atoms with Crippen molar-refractivity contribution in [2.45, 2.75) is 46.0 Å². The smallest absolute Gasteiger partial charge is 0.310 e. The van der Waals surface area contributed by atoms with Crippen LogP contribution in [0.1, 0.15) is 46.0 Å². The van der Waals surface area contributed by atoms with E-state index >= 15 is 0 Å². The Hall–Kier alpha value is -0.570. The third-order valence-electron chi connectivity index (χ3n) is 3.20. The van der Waals surface area contributed by atoms with Crippen LogP contribution in [0.2, 0.25) is 0 Å². The lowest BCUT2D eigenvalue weighted by Crippen LogP contribution is -2.39. The van der Waals surface area contributed by atoms with E-state index in [9.17, 15) is 4.79 Å². The number of nitrogens with zero attached hydrogens (tertiary/aromatic N) is 1. The van der Waals surface area contributed by atoms with Crippen LogP contribution in [-0.2, 0) is 9.53 Å². The van der Waals surface area contributed by atoms with Gasteiger partial charge in [0.1, 0.15) is 0 Å². The number of piperidine rings is 1. The molecule has 1 rings (SSSR count). The quantitative estimate of drug-likeness (QED) is 0.515. The van der Waals surface area contributed by atoms with Gasteiger partial charge in [0.15, 0.2) is 0 Å². The molecule has 0 aromatic heterocycles. The Bertz CT molecular complexity index is 206. The number of likely N-dealkylation sites (tertiary alicyclic amines) is 1. The van der Waals surface area contributed by atoms with Gasteiger partial charge in [0, 0.05) is 6.54 Å². The van der Waals surface area contributed by atoms with E-state index in [1.54, 1.807) is 0 Å². The number of ether oxygens (including phenoxy) is 1. The molecule has 0 spiro atoms. The molecule has 94 valence electrons. The molecular weight excluding hydrogens is 202 g/mol. The predicted octanol–water partition coefficient (Wildman–Crippen LogP) is 2.45. The zero-order valence-corrected chi connectivity index (χ0v) is 10.7. The molecule has 1 aliphatic heterocycles. The third kappa shape index (κ3) is 4.52. The third-order valence-corrected chi connectivity index (χ3v) is 3.20. The molecule has 0 N–H and O–H groups in total. The van der Waals surface area contributed by atoms with Gasteiger partial charge in [0.05, 0.1) is 12.5 Å². The number of carbonyl (C=O) groups is 1. The molecule has 0 bridgehead atoms. The first-order valence-corrected chi connectivity index (χ1v) is 6.66. The Morgan fingerprint density at radius 1 is 1.38 bits per heavy atom. The monoisotopic (exact) mass is 227 g/mol. The molecule has 1 heterocycles. The van der Waals surface area contributed by atoms with Gasteiger partial charge in [-0.1, -0.05) is 19.8 Å². The molecule has 16 heavy (non-hydrogen) atoms. The molecule has 1 aliphatic rings. The fraction of sp³-hybridized carbons (Fsp3) is 0.923. The number of carbonyl (C=O) groups excluding carboxylic acids is 1. The lowest BCUT2D eigenvalue weighted by Gasteiger charge is -2.31. The number of hydrogen-bond acceptors (Lipinski definition) is 3. The SMILES string of the molecule is CCCCCN1CCC[C@@H](C(=O)OCC)C1. The van der Waals surface area contributed by atoms with Crippen molar-refractivity contribution in [3.05, 3.63) is 0 Å². The molecule has 1 atom stereocenters. The number of hydrogen-bond donors (Lipinski definition) is 0. The van der Waals surface area contributed by atoms with Crippen molar-refractivity contribution in [3.8, 4) is 0 Å². The van der Waals surface area contributed by atoms with Crippen molar-refractivity contribution < 1.29 is 9.53 Å². The van der Waals surface area contributed by atoms with E-state index in [1.807, 2.05) is 6.92 Å². The summed E-state index contributed by atoms with van der Waals surface area (Å²) in [4.78, 5) is 14.0. The maximum atomic E-state index is 11.6. The van der Waals surface area contributed by atoms with Crippen molar-refractivity contribution in [3.63, 3.8) is 0 Å². The number of unbranched alkanes of at least 4 members (excludes halogenated alkanes) is 2. The summed E-state index contributed by atoms with van der Waals surface area (Å²) in [5.41, 5.74) is 0. The molecular formula is C13H25NO2.